The van der Waals surface area contributed by atoms with Crippen molar-refractivity contribution >= 4 is 27.2 Å². The van der Waals surface area contributed by atoms with Gasteiger partial charge in [0.25, 0.3) is 0 Å². The Hall–Kier alpha value is -2.48. The number of phenols is 1. The second kappa shape index (κ2) is 7.50. The lowest BCUT2D eigenvalue weighted by molar-refractivity contribution is -0.274. The Kier molecular flexibility index (Phi) is 5.05. The molecule has 8 heteroatoms. The zero-order valence-corrected chi connectivity index (χ0v) is 15.8. The van der Waals surface area contributed by atoms with E-state index in [1.807, 2.05) is 18.2 Å². The minimum Gasteiger partial charge on any atom is -0.504 e. The van der Waals surface area contributed by atoms with Gasteiger partial charge in [-0.15, -0.1) is 24.5 Å². The lowest BCUT2D eigenvalue weighted by atomic mass is 9.90. The lowest BCUT2D eigenvalue weighted by Crippen LogP contribution is -2.34. The fraction of sp³-hybridized carbons (Fsp3) is 0.350. The van der Waals surface area contributed by atoms with Gasteiger partial charge in [-0.1, -0.05) is 12.1 Å². The van der Waals surface area contributed by atoms with Crippen LogP contribution in [0.25, 0.3) is 10.2 Å². The molecule has 28 heavy (non-hydrogen) atoms. The number of ether oxygens (including phenoxy) is 1. The van der Waals surface area contributed by atoms with Crippen LogP contribution in [0.4, 0.5) is 18.9 Å². The standard InChI is InChI=1S/C20H19F3N2O2S/c21-20(22,23)27-15-3-1-2-14(11-15)10-13-6-8-25(9-7-13)16-4-5-17-18(19(16)26)24-12-28-17/h1-5,11-13,26H,6-10H2. The SMILES string of the molecule is Oc1c(N2CCC(Cc3cccc(OC(F)(F)F)c3)CC2)ccc2scnc12. The van der Waals surface area contributed by atoms with Crippen molar-refractivity contribution in [2.45, 2.75) is 25.6 Å². The van der Waals surface area contributed by atoms with E-state index in [1.54, 1.807) is 11.6 Å². The Labute approximate surface area is 164 Å². The van der Waals surface area contributed by atoms with Crippen LogP contribution in [-0.4, -0.2) is 29.5 Å². The van der Waals surface area contributed by atoms with Gasteiger partial charge in [0.1, 0.15) is 11.3 Å². The number of thiazole rings is 1. The number of nitrogens with zero attached hydrogens (tertiary/aromatic N) is 2. The van der Waals surface area contributed by atoms with Crippen LogP contribution in [0.3, 0.4) is 0 Å². The monoisotopic (exact) mass is 408 g/mol. The molecule has 0 atom stereocenters. The Bertz CT molecular complexity index is 965. The van der Waals surface area contributed by atoms with E-state index in [0.717, 1.165) is 41.9 Å². The van der Waals surface area contributed by atoms with Crippen molar-refractivity contribution in [3.8, 4) is 11.5 Å². The van der Waals surface area contributed by atoms with Gasteiger partial charge in [0.05, 0.1) is 15.9 Å². The largest absolute Gasteiger partial charge is 0.573 e. The minimum atomic E-state index is -4.68. The topological polar surface area (TPSA) is 45.6 Å². The predicted molar refractivity (Wildman–Crippen MR) is 103 cm³/mol. The predicted octanol–water partition coefficient (Wildman–Crippen LogP) is 5.36. The van der Waals surface area contributed by atoms with Crippen molar-refractivity contribution in [3.05, 3.63) is 47.5 Å². The average molecular weight is 408 g/mol. The molecule has 1 aromatic heterocycles. The molecule has 4 rings (SSSR count). The summed E-state index contributed by atoms with van der Waals surface area (Å²) in [4.78, 5) is 6.37. The molecular formula is C20H19F3N2O2S. The number of fused-ring (bicyclic) bond motifs is 1. The Morgan fingerprint density at radius 3 is 2.71 bits per heavy atom. The number of hydrogen-bond donors (Lipinski definition) is 1. The van der Waals surface area contributed by atoms with Crippen LogP contribution in [-0.2, 0) is 6.42 Å². The number of halogens is 3. The molecule has 0 aliphatic carbocycles. The quantitative estimate of drug-likeness (QED) is 0.631. The second-order valence-corrected chi connectivity index (χ2v) is 7.85. The number of aromatic nitrogens is 1. The second-order valence-electron chi connectivity index (χ2n) is 6.96. The fourth-order valence-corrected chi connectivity index (χ4v) is 4.42. The summed E-state index contributed by atoms with van der Waals surface area (Å²) in [5.41, 5.74) is 3.98. The van der Waals surface area contributed by atoms with Gasteiger partial charge in [-0.3, -0.25) is 0 Å². The first-order valence-corrected chi connectivity index (χ1v) is 9.92. The first-order valence-electron chi connectivity index (χ1n) is 9.04. The number of aromatic hydroxyl groups is 1. The summed E-state index contributed by atoms with van der Waals surface area (Å²) in [5, 5.41) is 10.5. The maximum absolute atomic E-state index is 12.4. The molecule has 0 unspecified atom stereocenters. The third kappa shape index (κ3) is 4.16. The molecule has 0 amide bonds. The van der Waals surface area contributed by atoms with Crippen LogP contribution >= 0.6 is 11.3 Å². The van der Waals surface area contributed by atoms with Gasteiger partial charge < -0.3 is 14.7 Å². The summed E-state index contributed by atoms with van der Waals surface area (Å²) in [7, 11) is 0. The number of benzene rings is 2. The van der Waals surface area contributed by atoms with E-state index < -0.39 is 6.36 Å². The van der Waals surface area contributed by atoms with Crippen molar-refractivity contribution in [2.75, 3.05) is 18.0 Å². The van der Waals surface area contributed by atoms with E-state index in [9.17, 15) is 18.3 Å². The van der Waals surface area contributed by atoms with Crippen molar-refractivity contribution in [1.82, 2.24) is 4.98 Å². The van der Waals surface area contributed by atoms with Crippen LogP contribution in [0.2, 0.25) is 0 Å². The molecule has 0 bridgehead atoms. The van der Waals surface area contributed by atoms with E-state index in [2.05, 4.69) is 14.6 Å². The highest BCUT2D eigenvalue weighted by Crippen LogP contribution is 2.38. The molecule has 0 saturated carbocycles. The average Bonchev–Trinajstić information content (AvgIpc) is 3.12. The van der Waals surface area contributed by atoms with Crippen molar-refractivity contribution in [1.29, 1.82) is 0 Å². The highest BCUT2D eigenvalue weighted by atomic mass is 32.1. The third-order valence-corrected chi connectivity index (χ3v) is 5.86. The number of piperidine rings is 1. The summed E-state index contributed by atoms with van der Waals surface area (Å²) in [6.45, 7) is 1.57. The summed E-state index contributed by atoms with van der Waals surface area (Å²) in [6.07, 6.45) is -2.16. The number of alkyl halides is 3. The van der Waals surface area contributed by atoms with Crippen LogP contribution in [0.15, 0.2) is 41.9 Å². The summed E-state index contributed by atoms with van der Waals surface area (Å²) >= 11 is 1.49. The van der Waals surface area contributed by atoms with Gasteiger partial charge in [0.2, 0.25) is 0 Å². The van der Waals surface area contributed by atoms with Crippen LogP contribution in [0, 0.1) is 5.92 Å². The number of hydrogen-bond acceptors (Lipinski definition) is 5. The van der Waals surface area contributed by atoms with Crippen molar-refractivity contribution in [2.24, 2.45) is 5.92 Å². The molecule has 0 spiro atoms. The molecular weight excluding hydrogens is 389 g/mol. The van der Waals surface area contributed by atoms with Gasteiger partial charge in [-0.25, -0.2) is 4.98 Å². The van der Waals surface area contributed by atoms with Crippen molar-refractivity contribution in [3.63, 3.8) is 0 Å². The van der Waals surface area contributed by atoms with Crippen molar-refractivity contribution < 1.29 is 23.0 Å². The van der Waals surface area contributed by atoms with E-state index in [4.69, 9.17) is 0 Å². The van der Waals surface area contributed by atoms with Gasteiger partial charge >= 0.3 is 6.36 Å². The molecule has 148 valence electrons. The summed E-state index contributed by atoms with van der Waals surface area (Å²) in [5.74, 6) is 0.417. The van der Waals surface area contributed by atoms with E-state index in [-0.39, 0.29) is 11.5 Å². The van der Waals surface area contributed by atoms with E-state index in [1.165, 1.54) is 23.5 Å². The zero-order valence-electron chi connectivity index (χ0n) is 14.9. The number of rotatable bonds is 4. The molecule has 2 heterocycles. The first kappa shape index (κ1) is 18.9. The highest BCUT2D eigenvalue weighted by molar-refractivity contribution is 7.16. The maximum atomic E-state index is 12.4. The van der Waals surface area contributed by atoms with Gasteiger partial charge in [-0.2, -0.15) is 0 Å². The number of anilines is 1. The van der Waals surface area contributed by atoms with Crippen LogP contribution in [0.1, 0.15) is 18.4 Å². The molecule has 0 radical (unpaired) electrons. The molecule has 4 nitrogen and oxygen atoms in total. The molecule has 3 aromatic rings. The maximum Gasteiger partial charge on any atom is 0.573 e. The molecule has 2 aromatic carbocycles. The summed E-state index contributed by atoms with van der Waals surface area (Å²) < 4.78 is 42.1. The Balaban J connectivity index is 1.39. The zero-order chi connectivity index (χ0) is 19.7. The highest BCUT2D eigenvalue weighted by Gasteiger charge is 2.31. The first-order chi connectivity index (χ1) is 13.4. The number of phenolic OH excluding ortho intramolecular Hbond substituents is 1. The molecule has 1 saturated heterocycles. The minimum absolute atomic E-state index is 0.177. The molecule has 1 N–H and O–H groups in total. The van der Waals surface area contributed by atoms with Crippen LogP contribution < -0.4 is 9.64 Å². The van der Waals surface area contributed by atoms with Gasteiger partial charge in [-0.05, 0) is 55.0 Å². The van der Waals surface area contributed by atoms with E-state index in [0.29, 0.717) is 17.9 Å². The van der Waals surface area contributed by atoms with Gasteiger partial charge in [0, 0.05) is 13.1 Å². The Morgan fingerprint density at radius 1 is 1.18 bits per heavy atom. The molecule has 1 fully saturated rings. The molecule has 1 aliphatic rings. The van der Waals surface area contributed by atoms with Crippen LogP contribution in [0.5, 0.6) is 11.5 Å². The normalized spacial score (nSPS) is 15.9. The lowest BCUT2D eigenvalue weighted by Gasteiger charge is -2.34. The third-order valence-electron chi connectivity index (χ3n) is 5.07. The molecule has 1 aliphatic heterocycles. The Morgan fingerprint density at radius 2 is 1.96 bits per heavy atom. The fourth-order valence-electron chi connectivity index (χ4n) is 3.74. The smallest absolute Gasteiger partial charge is 0.504 e. The van der Waals surface area contributed by atoms with E-state index >= 15 is 0 Å². The van der Waals surface area contributed by atoms with Gasteiger partial charge in [0.15, 0.2) is 5.75 Å². The summed E-state index contributed by atoms with van der Waals surface area (Å²) in [6, 6.07) is 10.1.